The maximum absolute atomic E-state index is 13.4. The van der Waals surface area contributed by atoms with Crippen molar-refractivity contribution >= 4 is 11.9 Å². The van der Waals surface area contributed by atoms with Crippen LogP contribution in [0.5, 0.6) is 0 Å². The van der Waals surface area contributed by atoms with E-state index in [9.17, 15) is 19.1 Å². The molecule has 8 heteroatoms. The van der Waals surface area contributed by atoms with Gasteiger partial charge in [0, 0.05) is 19.1 Å². The summed E-state index contributed by atoms with van der Waals surface area (Å²) in [6, 6.07) is 3.04. The van der Waals surface area contributed by atoms with E-state index in [-0.39, 0.29) is 12.6 Å². The highest BCUT2D eigenvalue weighted by atomic mass is 19.1. The summed E-state index contributed by atoms with van der Waals surface area (Å²) in [4.78, 5) is 25.0. The second kappa shape index (κ2) is 7.59. The third-order valence-corrected chi connectivity index (χ3v) is 4.30. The third-order valence-electron chi connectivity index (χ3n) is 4.30. The Morgan fingerprint density at radius 2 is 2.21 bits per heavy atom. The van der Waals surface area contributed by atoms with Crippen LogP contribution in [0, 0.1) is 5.82 Å². The minimum atomic E-state index is -1.11. The van der Waals surface area contributed by atoms with Crippen LogP contribution in [0.4, 0.5) is 9.18 Å². The summed E-state index contributed by atoms with van der Waals surface area (Å²) >= 11 is 0. The van der Waals surface area contributed by atoms with Crippen LogP contribution in [0.3, 0.4) is 0 Å². The van der Waals surface area contributed by atoms with Crippen molar-refractivity contribution < 1.29 is 19.1 Å². The maximum atomic E-state index is 13.4. The van der Waals surface area contributed by atoms with Crippen LogP contribution in [0.1, 0.15) is 36.9 Å². The Bertz CT molecular complexity index is 623. The molecule has 1 aliphatic heterocycles. The first-order valence-electron chi connectivity index (χ1n) is 7.86. The van der Waals surface area contributed by atoms with Crippen LogP contribution in [-0.2, 0) is 11.3 Å². The smallest absolute Gasteiger partial charge is 0.315 e. The number of piperidine rings is 1. The number of likely N-dealkylation sites (tertiary alicyclic amines) is 1. The fourth-order valence-corrected chi connectivity index (χ4v) is 3.05. The largest absolute Gasteiger partial charge is 0.384 e. The van der Waals surface area contributed by atoms with Crippen molar-refractivity contribution in [3.8, 4) is 0 Å². The third kappa shape index (κ3) is 4.01. The van der Waals surface area contributed by atoms with Gasteiger partial charge in [-0.15, -0.1) is 0 Å². The molecule has 0 radical (unpaired) electrons. The van der Waals surface area contributed by atoms with Crippen LogP contribution in [-0.4, -0.2) is 40.6 Å². The summed E-state index contributed by atoms with van der Waals surface area (Å²) in [7, 11) is 0. The number of rotatable bonds is 4. The molecule has 1 aromatic rings. The molecule has 7 nitrogen and oxygen atoms in total. The van der Waals surface area contributed by atoms with Crippen LogP contribution < -0.4 is 16.8 Å². The number of aliphatic hydroxyl groups excluding tert-OH is 1. The Labute approximate surface area is 139 Å². The first-order chi connectivity index (χ1) is 11.3. The van der Waals surface area contributed by atoms with Crippen molar-refractivity contribution in [2.24, 2.45) is 11.5 Å². The van der Waals surface area contributed by atoms with Gasteiger partial charge in [-0.1, -0.05) is 6.07 Å². The van der Waals surface area contributed by atoms with E-state index < -0.39 is 29.9 Å². The van der Waals surface area contributed by atoms with E-state index in [1.54, 1.807) is 6.07 Å². The van der Waals surface area contributed by atoms with Crippen molar-refractivity contribution in [1.29, 1.82) is 0 Å². The van der Waals surface area contributed by atoms with E-state index in [0.717, 1.165) is 0 Å². The van der Waals surface area contributed by atoms with E-state index in [1.165, 1.54) is 24.0 Å². The lowest BCUT2D eigenvalue weighted by molar-refractivity contribution is -0.129. The zero-order valence-corrected chi connectivity index (χ0v) is 13.5. The van der Waals surface area contributed by atoms with Crippen molar-refractivity contribution in [2.45, 2.75) is 44.5 Å². The molecule has 6 N–H and O–H groups in total. The van der Waals surface area contributed by atoms with E-state index >= 15 is 0 Å². The predicted octanol–water partition coefficient (Wildman–Crippen LogP) is 0.366. The summed E-state index contributed by atoms with van der Waals surface area (Å²) < 4.78 is 13.4. The highest BCUT2D eigenvalue weighted by molar-refractivity contribution is 5.80. The molecule has 0 aromatic heterocycles. The molecule has 0 aliphatic carbocycles. The van der Waals surface area contributed by atoms with Crippen LogP contribution in [0.25, 0.3) is 0 Å². The molecule has 132 valence electrons. The lowest BCUT2D eigenvalue weighted by Crippen LogP contribution is -2.51. The Balaban J connectivity index is 2.28. The number of nitrogens with one attached hydrogen (secondary N) is 1. The standard InChI is InChI=1S/C16H23FN4O3/c1-9(22)15(23)20-12-4-5-21(16(19)24)14(7-12)13-3-2-11(17)6-10(13)8-18/h2-3,6,9,12,14,22H,4-5,7-8,18H2,1H3,(H2,19,24)(H,20,23). The number of halogens is 1. The minimum absolute atomic E-state index is 0.126. The number of hydrogen-bond acceptors (Lipinski definition) is 4. The number of carbonyl (C=O) groups is 2. The quantitative estimate of drug-likeness (QED) is 0.633. The number of nitrogens with two attached hydrogens (primary N) is 2. The molecule has 0 spiro atoms. The molecule has 1 fully saturated rings. The SMILES string of the molecule is CC(O)C(=O)NC1CCN(C(N)=O)C(c2ccc(F)cc2CN)C1. The monoisotopic (exact) mass is 338 g/mol. The van der Waals surface area contributed by atoms with Gasteiger partial charge in [-0.3, -0.25) is 4.79 Å². The molecule has 24 heavy (non-hydrogen) atoms. The van der Waals surface area contributed by atoms with Gasteiger partial charge in [0.25, 0.3) is 0 Å². The fraction of sp³-hybridized carbons (Fsp3) is 0.500. The van der Waals surface area contributed by atoms with Gasteiger partial charge in [0.2, 0.25) is 5.91 Å². The topological polar surface area (TPSA) is 122 Å². The first-order valence-corrected chi connectivity index (χ1v) is 7.86. The van der Waals surface area contributed by atoms with Crippen molar-refractivity contribution in [2.75, 3.05) is 6.54 Å². The average Bonchev–Trinajstić information content (AvgIpc) is 2.54. The molecule has 3 amide bonds. The maximum Gasteiger partial charge on any atom is 0.315 e. The van der Waals surface area contributed by atoms with Gasteiger partial charge in [0.1, 0.15) is 11.9 Å². The molecule has 3 atom stereocenters. The molecule has 1 aliphatic rings. The molecule has 0 bridgehead atoms. The summed E-state index contributed by atoms with van der Waals surface area (Å²) in [6.07, 6.45) is -0.167. The molecule has 3 unspecified atom stereocenters. The number of amides is 3. The first kappa shape index (κ1) is 18.2. The summed E-state index contributed by atoms with van der Waals surface area (Å²) in [5, 5.41) is 12.1. The zero-order valence-electron chi connectivity index (χ0n) is 13.5. The van der Waals surface area contributed by atoms with Crippen molar-refractivity contribution in [1.82, 2.24) is 10.2 Å². The molecule has 1 aromatic carbocycles. The second-order valence-corrected chi connectivity index (χ2v) is 6.00. The lowest BCUT2D eigenvalue weighted by atomic mass is 9.89. The van der Waals surface area contributed by atoms with Gasteiger partial charge in [-0.2, -0.15) is 0 Å². The van der Waals surface area contributed by atoms with E-state index in [4.69, 9.17) is 11.5 Å². The number of urea groups is 1. The van der Waals surface area contributed by atoms with Crippen LogP contribution >= 0.6 is 0 Å². The van der Waals surface area contributed by atoms with E-state index in [2.05, 4.69) is 5.32 Å². The highest BCUT2D eigenvalue weighted by Gasteiger charge is 2.33. The van der Waals surface area contributed by atoms with Gasteiger partial charge >= 0.3 is 6.03 Å². The van der Waals surface area contributed by atoms with Crippen molar-refractivity contribution in [3.05, 3.63) is 35.1 Å². The molecule has 1 saturated heterocycles. The number of hydrogen-bond donors (Lipinski definition) is 4. The molecular formula is C16H23FN4O3. The lowest BCUT2D eigenvalue weighted by Gasteiger charge is -2.39. The Morgan fingerprint density at radius 3 is 2.79 bits per heavy atom. The number of benzene rings is 1. The van der Waals surface area contributed by atoms with Gasteiger partial charge < -0.3 is 26.8 Å². The van der Waals surface area contributed by atoms with Crippen LogP contribution in [0.2, 0.25) is 0 Å². The summed E-state index contributed by atoms with van der Waals surface area (Å²) in [5.41, 5.74) is 12.5. The summed E-state index contributed by atoms with van der Waals surface area (Å²) in [5.74, 6) is -0.871. The van der Waals surface area contributed by atoms with Gasteiger partial charge in [-0.25, -0.2) is 9.18 Å². The van der Waals surface area contributed by atoms with Gasteiger partial charge in [0.05, 0.1) is 6.04 Å². The van der Waals surface area contributed by atoms with E-state index in [1.807, 2.05) is 0 Å². The normalized spacial score (nSPS) is 22.1. The van der Waals surface area contributed by atoms with Crippen molar-refractivity contribution in [3.63, 3.8) is 0 Å². The number of nitrogens with zero attached hydrogens (tertiary/aromatic N) is 1. The van der Waals surface area contributed by atoms with Crippen LogP contribution in [0.15, 0.2) is 18.2 Å². The molecule has 1 heterocycles. The number of carbonyl (C=O) groups excluding carboxylic acids is 2. The fourth-order valence-electron chi connectivity index (χ4n) is 3.05. The molecule has 0 saturated carbocycles. The highest BCUT2D eigenvalue weighted by Crippen LogP contribution is 2.33. The summed E-state index contributed by atoms with van der Waals surface area (Å²) in [6.45, 7) is 1.87. The minimum Gasteiger partial charge on any atom is -0.384 e. The average molecular weight is 338 g/mol. The molecule has 2 rings (SSSR count). The van der Waals surface area contributed by atoms with Gasteiger partial charge in [-0.05, 0) is 43.0 Å². The predicted molar refractivity (Wildman–Crippen MR) is 86.2 cm³/mol. The Hall–Kier alpha value is -2.19. The molecular weight excluding hydrogens is 315 g/mol. The second-order valence-electron chi connectivity index (χ2n) is 6.00. The number of primary amides is 1. The number of aliphatic hydroxyl groups is 1. The van der Waals surface area contributed by atoms with E-state index in [0.29, 0.717) is 30.5 Å². The Morgan fingerprint density at radius 1 is 1.50 bits per heavy atom. The van der Waals surface area contributed by atoms with Gasteiger partial charge in [0.15, 0.2) is 0 Å². The zero-order chi connectivity index (χ0) is 17.9. The Kier molecular flexibility index (Phi) is 5.74.